The topological polar surface area (TPSA) is 131 Å². The Hall–Kier alpha value is -2.58. The standard InChI is InChI=1S/C28H38N2O3.ClH.2H2O/c1-8-29-17-19-9-11-22(12-10-19)32-14-13-21-18-33-26(30-21)20-15-23(27(2,3)4)25(31)24(16-20)28(5,6)7;;;/h9-12,15-16,18,29,31H,8,13-14,17H2,1-7H3;1H;2*1H2. The number of hydrogen-bond acceptors (Lipinski definition) is 5. The predicted molar refractivity (Wildman–Crippen MR) is 149 cm³/mol. The lowest BCUT2D eigenvalue weighted by atomic mass is 9.78. The molecule has 8 heteroatoms. The van der Waals surface area contributed by atoms with Gasteiger partial charge in [-0.1, -0.05) is 60.6 Å². The van der Waals surface area contributed by atoms with E-state index in [0.29, 0.717) is 24.7 Å². The molecule has 2 aromatic carbocycles. The van der Waals surface area contributed by atoms with Crippen LogP contribution >= 0.6 is 12.4 Å². The zero-order valence-corrected chi connectivity index (χ0v) is 23.3. The molecule has 0 bridgehead atoms. The lowest BCUT2D eigenvalue weighted by Gasteiger charge is -2.27. The molecule has 3 rings (SSSR count). The number of halogens is 1. The van der Waals surface area contributed by atoms with Crippen LogP contribution < -0.4 is 10.1 Å². The number of rotatable bonds is 8. The molecule has 0 unspecified atom stereocenters. The average Bonchev–Trinajstić information content (AvgIpc) is 3.20. The van der Waals surface area contributed by atoms with Crippen LogP contribution in [0.5, 0.6) is 11.5 Å². The van der Waals surface area contributed by atoms with Gasteiger partial charge in [0.25, 0.3) is 0 Å². The van der Waals surface area contributed by atoms with Gasteiger partial charge in [0.1, 0.15) is 17.8 Å². The van der Waals surface area contributed by atoms with E-state index in [-0.39, 0.29) is 34.2 Å². The molecule has 0 radical (unpaired) electrons. The number of oxazole rings is 1. The number of aromatic nitrogens is 1. The first-order valence-corrected chi connectivity index (χ1v) is 11.7. The normalized spacial score (nSPS) is 11.2. The third kappa shape index (κ3) is 8.52. The van der Waals surface area contributed by atoms with Gasteiger partial charge in [0, 0.05) is 29.7 Å². The highest BCUT2D eigenvalue weighted by Crippen LogP contribution is 2.41. The van der Waals surface area contributed by atoms with Crippen LogP contribution in [0.2, 0.25) is 0 Å². The summed E-state index contributed by atoms with van der Waals surface area (Å²) < 4.78 is 11.7. The van der Waals surface area contributed by atoms with E-state index in [9.17, 15) is 5.11 Å². The minimum atomic E-state index is -0.203. The smallest absolute Gasteiger partial charge is 0.226 e. The summed E-state index contributed by atoms with van der Waals surface area (Å²) in [5.74, 6) is 1.77. The zero-order valence-electron chi connectivity index (χ0n) is 22.5. The summed E-state index contributed by atoms with van der Waals surface area (Å²) in [6, 6.07) is 12.1. The average molecular weight is 523 g/mol. The van der Waals surface area contributed by atoms with Gasteiger partial charge in [-0.25, -0.2) is 4.98 Å². The van der Waals surface area contributed by atoms with Crippen LogP contribution in [0.15, 0.2) is 47.1 Å². The monoisotopic (exact) mass is 522 g/mol. The second kappa shape index (κ2) is 13.7. The van der Waals surface area contributed by atoms with Crippen molar-refractivity contribution in [1.29, 1.82) is 0 Å². The van der Waals surface area contributed by atoms with Crippen molar-refractivity contribution in [2.45, 2.75) is 72.3 Å². The maximum absolute atomic E-state index is 10.9. The Morgan fingerprint density at radius 2 is 1.50 bits per heavy atom. The van der Waals surface area contributed by atoms with Crippen molar-refractivity contribution in [2.24, 2.45) is 0 Å². The van der Waals surface area contributed by atoms with E-state index in [4.69, 9.17) is 14.1 Å². The number of aromatic hydroxyl groups is 1. The third-order valence-corrected chi connectivity index (χ3v) is 5.65. The molecular formula is C28H43ClN2O5. The van der Waals surface area contributed by atoms with Gasteiger partial charge in [-0.3, -0.25) is 0 Å². The maximum Gasteiger partial charge on any atom is 0.226 e. The molecule has 202 valence electrons. The van der Waals surface area contributed by atoms with Crippen LogP contribution in [0.25, 0.3) is 11.5 Å². The molecule has 0 aliphatic heterocycles. The number of phenols is 1. The van der Waals surface area contributed by atoms with E-state index >= 15 is 0 Å². The number of nitrogens with zero attached hydrogens (tertiary/aromatic N) is 1. The van der Waals surface area contributed by atoms with Crippen LogP contribution in [-0.4, -0.2) is 34.2 Å². The first-order chi connectivity index (χ1) is 15.5. The Morgan fingerprint density at radius 1 is 0.944 bits per heavy atom. The lowest BCUT2D eigenvalue weighted by molar-refractivity contribution is 0.320. The van der Waals surface area contributed by atoms with Crippen molar-refractivity contribution >= 4 is 12.4 Å². The second-order valence-electron chi connectivity index (χ2n) is 10.6. The molecule has 0 fully saturated rings. The zero-order chi connectivity index (χ0) is 24.2. The summed E-state index contributed by atoms with van der Waals surface area (Å²) in [7, 11) is 0. The third-order valence-electron chi connectivity index (χ3n) is 5.65. The summed E-state index contributed by atoms with van der Waals surface area (Å²) in [5.41, 5.74) is 4.35. The Kier molecular flexibility index (Phi) is 12.7. The van der Waals surface area contributed by atoms with E-state index in [0.717, 1.165) is 41.2 Å². The first-order valence-electron chi connectivity index (χ1n) is 11.7. The molecule has 7 nitrogen and oxygen atoms in total. The fourth-order valence-corrected chi connectivity index (χ4v) is 3.70. The largest absolute Gasteiger partial charge is 0.507 e. The summed E-state index contributed by atoms with van der Waals surface area (Å²) in [6.07, 6.45) is 2.34. The highest BCUT2D eigenvalue weighted by Gasteiger charge is 2.27. The van der Waals surface area contributed by atoms with Gasteiger partial charge in [-0.15, -0.1) is 12.4 Å². The van der Waals surface area contributed by atoms with Crippen molar-refractivity contribution in [3.8, 4) is 23.0 Å². The SMILES string of the molecule is CCNCc1ccc(OCCc2coc(-c3cc(C(C)(C)C)c(O)c(C(C)(C)C)c3)n2)cc1.Cl.O.O. The highest BCUT2D eigenvalue weighted by atomic mass is 35.5. The van der Waals surface area contributed by atoms with Crippen molar-refractivity contribution in [3.63, 3.8) is 0 Å². The first kappa shape index (κ1) is 33.4. The van der Waals surface area contributed by atoms with Gasteiger partial charge >= 0.3 is 0 Å². The Morgan fingerprint density at radius 3 is 2.00 bits per heavy atom. The van der Waals surface area contributed by atoms with E-state index < -0.39 is 0 Å². The van der Waals surface area contributed by atoms with Crippen LogP contribution in [0, 0.1) is 0 Å². The number of hydrogen-bond donors (Lipinski definition) is 2. The number of nitrogens with one attached hydrogen (secondary N) is 1. The quantitative estimate of drug-likeness (QED) is 0.422. The van der Waals surface area contributed by atoms with E-state index in [1.807, 2.05) is 24.3 Å². The number of phenolic OH excluding ortho intramolecular Hbond substituents is 1. The molecule has 0 atom stereocenters. The van der Waals surface area contributed by atoms with Crippen LogP contribution in [0.1, 0.15) is 70.9 Å². The van der Waals surface area contributed by atoms with E-state index in [1.165, 1.54) is 5.56 Å². The molecule has 0 spiro atoms. The van der Waals surface area contributed by atoms with Crippen molar-refractivity contribution in [1.82, 2.24) is 10.3 Å². The fraction of sp³-hybridized carbons (Fsp3) is 0.464. The predicted octanol–water partition coefficient (Wildman–Crippen LogP) is 5.15. The molecule has 0 saturated carbocycles. The Balaban J connectivity index is 0.00000408. The molecule has 0 aliphatic carbocycles. The molecule has 0 saturated heterocycles. The minimum Gasteiger partial charge on any atom is -0.507 e. The van der Waals surface area contributed by atoms with Crippen LogP contribution in [-0.2, 0) is 23.8 Å². The number of ether oxygens (including phenoxy) is 1. The lowest BCUT2D eigenvalue weighted by Crippen LogP contribution is -2.17. The van der Waals surface area contributed by atoms with Crippen LogP contribution in [0.3, 0.4) is 0 Å². The summed E-state index contributed by atoms with van der Waals surface area (Å²) in [4.78, 5) is 4.70. The van der Waals surface area contributed by atoms with E-state index in [1.54, 1.807) is 6.26 Å². The molecule has 1 heterocycles. The summed E-state index contributed by atoms with van der Waals surface area (Å²) in [5, 5.41) is 14.3. The molecule has 0 amide bonds. The van der Waals surface area contributed by atoms with Crippen molar-refractivity contribution in [2.75, 3.05) is 13.2 Å². The Bertz CT molecular complexity index is 1030. The number of benzene rings is 2. The van der Waals surface area contributed by atoms with Gasteiger partial charge in [0.05, 0.1) is 12.3 Å². The van der Waals surface area contributed by atoms with Crippen molar-refractivity contribution in [3.05, 3.63) is 65.0 Å². The molecule has 6 N–H and O–H groups in total. The fourth-order valence-electron chi connectivity index (χ4n) is 3.70. The minimum absolute atomic E-state index is 0. The van der Waals surface area contributed by atoms with Crippen molar-refractivity contribution < 1.29 is 25.2 Å². The highest BCUT2D eigenvalue weighted by molar-refractivity contribution is 5.85. The van der Waals surface area contributed by atoms with Crippen LogP contribution in [0.4, 0.5) is 0 Å². The van der Waals surface area contributed by atoms with Gasteiger partial charge in [-0.2, -0.15) is 0 Å². The van der Waals surface area contributed by atoms with Gasteiger partial charge < -0.3 is 30.5 Å². The molecule has 1 aromatic heterocycles. The molecule has 36 heavy (non-hydrogen) atoms. The van der Waals surface area contributed by atoms with Gasteiger partial charge in [-0.05, 0) is 47.2 Å². The summed E-state index contributed by atoms with van der Waals surface area (Å²) in [6.45, 7) is 17.0. The van der Waals surface area contributed by atoms with Gasteiger partial charge in [0.15, 0.2) is 0 Å². The van der Waals surface area contributed by atoms with Gasteiger partial charge in [0.2, 0.25) is 5.89 Å². The molecule has 0 aliphatic rings. The molecule has 3 aromatic rings. The van der Waals surface area contributed by atoms with E-state index in [2.05, 4.69) is 65.9 Å². The second-order valence-corrected chi connectivity index (χ2v) is 10.6. The summed E-state index contributed by atoms with van der Waals surface area (Å²) >= 11 is 0. The maximum atomic E-state index is 10.9. The Labute approximate surface area is 221 Å². The molecular weight excluding hydrogens is 480 g/mol.